The molecule has 0 atom stereocenters. The molecule has 1 heteroatoms. The van der Waals surface area contributed by atoms with Gasteiger partial charge in [0.05, 0.1) is 0 Å². The highest BCUT2D eigenvalue weighted by Gasteiger charge is 1.96. The van der Waals surface area contributed by atoms with Crippen LogP contribution in [0.25, 0.3) is 12.2 Å². The molecule has 0 aromatic heterocycles. The normalized spacial score (nSPS) is 10.8. The number of rotatable bonds is 2. The van der Waals surface area contributed by atoms with Gasteiger partial charge in [0, 0.05) is 5.56 Å². The summed E-state index contributed by atoms with van der Waals surface area (Å²) in [5.41, 5.74) is 3.03. The van der Waals surface area contributed by atoms with E-state index in [4.69, 9.17) is 0 Å². The van der Waals surface area contributed by atoms with Crippen LogP contribution in [0, 0.1) is 6.92 Å². The largest absolute Gasteiger partial charge is 0.507 e. The maximum atomic E-state index is 9.72. The zero-order valence-corrected chi connectivity index (χ0v) is 9.22. The average molecular weight is 210 g/mol. The first-order chi connectivity index (χ1) is 7.75. The molecule has 0 spiro atoms. The summed E-state index contributed by atoms with van der Waals surface area (Å²) in [6.07, 6.45) is 3.91. The van der Waals surface area contributed by atoms with E-state index in [1.165, 1.54) is 0 Å². The van der Waals surface area contributed by atoms with Crippen LogP contribution < -0.4 is 0 Å². The molecule has 0 aliphatic rings. The molecule has 0 radical (unpaired) electrons. The molecule has 16 heavy (non-hydrogen) atoms. The molecule has 0 saturated heterocycles. The molecular formula is C15H14O. The standard InChI is InChI=1S/C15H14O/c1-12-7-9-14(15(16)11-12)10-8-13-5-3-2-4-6-13/h2-11,16H,1H3. The lowest BCUT2D eigenvalue weighted by Crippen LogP contribution is -1.77. The number of aromatic hydroxyl groups is 1. The minimum absolute atomic E-state index is 0.326. The number of aryl methyl sites for hydroxylation is 1. The van der Waals surface area contributed by atoms with Crippen LogP contribution in [0.4, 0.5) is 0 Å². The lowest BCUT2D eigenvalue weighted by molar-refractivity contribution is 0.473. The zero-order valence-electron chi connectivity index (χ0n) is 9.22. The molecule has 0 amide bonds. The highest BCUT2D eigenvalue weighted by atomic mass is 16.3. The topological polar surface area (TPSA) is 20.2 Å². The van der Waals surface area contributed by atoms with Gasteiger partial charge >= 0.3 is 0 Å². The quantitative estimate of drug-likeness (QED) is 0.746. The predicted octanol–water partition coefficient (Wildman–Crippen LogP) is 3.87. The van der Waals surface area contributed by atoms with E-state index in [0.29, 0.717) is 5.75 Å². The van der Waals surface area contributed by atoms with Crippen LogP contribution in [0.5, 0.6) is 5.75 Å². The third-order valence-electron chi connectivity index (χ3n) is 2.44. The second-order valence-corrected chi connectivity index (χ2v) is 3.81. The maximum Gasteiger partial charge on any atom is 0.123 e. The number of hydrogen-bond donors (Lipinski definition) is 1. The molecule has 0 aliphatic carbocycles. The molecule has 2 aromatic carbocycles. The van der Waals surface area contributed by atoms with Crippen molar-refractivity contribution >= 4 is 12.2 Å². The van der Waals surface area contributed by atoms with Gasteiger partial charge < -0.3 is 5.11 Å². The number of hydrogen-bond acceptors (Lipinski definition) is 1. The predicted molar refractivity (Wildman–Crippen MR) is 68.2 cm³/mol. The first kappa shape index (κ1) is 10.5. The summed E-state index contributed by atoms with van der Waals surface area (Å²) in [5, 5.41) is 9.72. The Morgan fingerprint density at radius 2 is 1.69 bits per heavy atom. The zero-order chi connectivity index (χ0) is 11.4. The number of benzene rings is 2. The molecule has 2 rings (SSSR count). The molecule has 1 nitrogen and oxygen atoms in total. The Kier molecular flexibility index (Phi) is 3.06. The highest BCUT2D eigenvalue weighted by Crippen LogP contribution is 2.20. The Morgan fingerprint density at radius 3 is 2.38 bits per heavy atom. The van der Waals surface area contributed by atoms with E-state index in [1.807, 2.05) is 61.5 Å². The van der Waals surface area contributed by atoms with Gasteiger partial charge in [0.1, 0.15) is 5.75 Å². The Bertz CT molecular complexity index is 498. The first-order valence-electron chi connectivity index (χ1n) is 5.28. The second kappa shape index (κ2) is 4.67. The van der Waals surface area contributed by atoms with E-state index in [0.717, 1.165) is 16.7 Å². The van der Waals surface area contributed by atoms with E-state index in [9.17, 15) is 5.11 Å². The average Bonchev–Trinajstić information content (AvgIpc) is 2.29. The molecule has 0 unspecified atom stereocenters. The van der Waals surface area contributed by atoms with Crippen LogP contribution in [0.15, 0.2) is 48.5 Å². The van der Waals surface area contributed by atoms with Gasteiger partial charge in [-0.2, -0.15) is 0 Å². The van der Waals surface area contributed by atoms with Crippen molar-refractivity contribution < 1.29 is 5.11 Å². The summed E-state index contributed by atoms with van der Waals surface area (Å²) in [5.74, 6) is 0.326. The summed E-state index contributed by atoms with van der Waals surface area (Å²) < 4.78 is 0. The van der Waals surface area contributed by atoms with Crippen molar-refractivity contribution in [1.82, 2.24) is 0 Å². The molecule has 0 aliphatic heterocycles. The second-order valence-electron chi connectivity index (χ2n) is 3.81. The molecule has 0 heterocycles. The van der Waals surface area contributed by atoms with Crippen LogP contribution in [-0.2, 0) is 0 Å². The molecular weight excluding hydrogens is 196 g/mol. The fourth-order valence-electron chi connectivity index (χ4n) is 1.54. The van der Waals surface area contributed by atoms with Gasteiger partial charge in [-0.15, -0.1) is 0 Å². The third kappa shape index (κ3) is 2.51. The van der Waals surface area contributed by atoms with E-state index < -0.39 is 0 Å². The molecule has 0 bridgehead atoms. The van der Waals surface area contributed by atoms with Gasteiger partial charge in [-0.1, -0.05) is 54.6 Å². The van der Waals surface area contributed by atoms with Crippen LogP contribution >= 0.6 is 0 Å². The van der Waals surface area contributed by atoms with Gasteiger partial charge in [0.2, 0.25) is 0 Å². The van der Waals surface area contributed by atoms with E-state index in [2.05, 4.69) is 0 Å². The SMILES string of the molecule is Cc1ccc(C=Cc2ccccc2)c(O)c1. The lowest BCUT2D eigenvalue weighted by atomic mass is 10.1. The number of phenolic OH excluding ortho intramolecular Hbond substituents is 1. The van der Waals surface area contributed by atoms with Crippen molar-refractivity contribution in [2.45, 2.75) is 6.92 Å². The van der Waals surface area contributed by atoms with E-state index in [-0.39, 0.29) is 0 Å². The van der Waals surface area contributed by atoms with Crippen molar-refractivity contribution in [3.63, 3.8) is 0 Å². The first-order valence-corrected chi connectivity index (χ1v) is 5.28. The van der Waals surface area contributed by atoms with Gasteiger partial charge in [0.15, 0.2) is 0 Å². The summed E-state index contributed by atoms with van der Waals surface area (Å²) in [6.45, 7) is 1.96. The van der Waals surface area contributed by atoms with Crippen molar-refractivity contribution in [2.75, 3.05) is 0 Å². The van der Waals surface area contributed by atoms with E-state index in [1.54, 1.807) is 6.07 Å². The van der Waals surface area contributed by atoms with Crippen LogP contribution in [0.2, 0.25) is 0 Å². The summed E-state index contributed by atoms with van der Waals surface area (Å²) in [7, 11) is 0. The Hall–Kier alpha value is -2.02. The molecule has 2 aromatic rings. The van der Waals surface area contributed by atoms with Gasteiger partial charge in [-0.25, -0.2) is 0 Å². The van der Waals surface area contributed by atoms with Crippen LogP contribution in [0.1, 0.15) is 16.7 Å². The number of phenols is 1. The molecule has 1 N–H and O–H groups in total. The minimum atomic E-state index is 0.326. The minimum Gasteiger partial charge on any atom is -0.507 e. The Balaban J connectivity index is 2.24. The fraction of sp³-hybridized carbons (Fsp3) is 0.0667. The molecule has 0 saturated carbocycles. The summed E-state index contributed by atoms with van der Waals surface area (Å²) >= 11 is 0. The smallest absolute Gasteiger partial charge is 0.123 e. The van der Waals surface area contributed by atoms with Crippen molar-refractivity contribution in [1.29, 1.82) is 0 Å². The lowest BCUT2D eigenvalue weighted by Gasteiger charge is -2.00. The highest BCUT2D eigenvalue weighted by molar-refractivity contribution is 5.72. The van der Waals surface area contributed by atoms with Gasteiger partial charge in [-0.3, -0.25) is 0 Å². The Morgan fingerprint density at radius 1 is 0.938 bits per heavy atom. The van der Waals surface area contributed by atoms with Gasteiger partial charge in [-0.05, 0) is 24.1 Å². The summed E-state index contributed by atoms with van der Waals surface area (Å²) in [4.78, 5) is 0. The van der Waals surface area contributed by atoms with Crippen molar-refractivity contribution in [3.05, 3.63) is 65.2 Å². The third-order valence-corrected chi connectivity index (χ3v) is 2.44. The summed E-state index contributed by atoms with van der Waals surface area (Å²) in [6, 6.07) is 15.7. The molecule has 80 valence electrons. The molecule has 0 fully saturated rings. The maximum absolute atomic E-state index is 9.72. The van der Waals surface area contributed by atoms with Crippen molar-refractivity contribution in [2.24, 2.45) is 0 Å². The monoisotopic (exact) mass is 210 g/mol. The van der Waals surface area contributed by atoms with E-state index >= 15 is 0 Å². The van der Waals surface area contributed by atoms with Crippen molar-refractivity contribution in [3.8, 4) is 5.75 Å². The van der Waals surface area contributed by atoms with Crippen LogP contribution in [0.3, 0.4) is 0 Å². The van der Waals surface area contributed by atoms with Gasteiger partial charge in [0.25, 0.3) is 0 Å². The van der Waals surface area contributed by atoms with Crippen LogP contribution in [-0.4, -0.2) is 5.11 Å². The Labute approximate surface area is 95.7 Å². The fourth-order valence-corrected chi connectivity index (χ4v) is 1.54.